The molecule has 0 radical (unpaired) electrons. The number of halogens is 2. The van der Waals surface area contributed by atoms with Gasteiger partial charge in [0, 0.05) is 0 Å². The molecule has 0 bridgehead atoms. The summed E-state index contributed by atoms with van der Waals surface area (Å²) in [6, 6.07) is 30.4. The van der Waals surface area contributed by atoms with Crippen molar-refractivity contribution in [3.8, 4) is 11.1 Å². The minimum atomic E-state index is -5.23. The maximum atomic E-state index is 6.09. The molecule has 4 aromatic rings. The van der Waals surface area contributed by atoms with Crippen LogP contribution < -0.4 is 6.54 Å². The first kappa shape index (κ1) is 50.6. The third-order valence-electron chi connectivity index (χ3n) is 15.8. The van der Waals surface area contributed by atoms with Crippen LogP contribution in [0.5, 0.6) is 0 Å². The van der Waals surface area contributed by atoms with Gasteiger partial charge in [0.05, 0.1) is 0 Å². The Kier molecular flexibility index (Phi) is 12.1. The molecule has 64 heavy (non-hydrogen) atoms. The van der Waals surface area contributed by atoms with Crippen molar-refractivity contribution in [1.82, 2.24) is 0 Å². The first-order chi connectivity index (χ1) is 28.2. The standard InChI is InChI=1S/C31H37.2C10H13.C9H13.CH2.2ClH.Zr/c1-28(2,3)26-16-30(7,8)24-12-18-11-19-13-25-23(15-21(19)20(18)14-22(24)26)27(29(4,5)6)17-31(25,9)10;2*1-10(2,3)9-7-5-4-6-8-9;1-9(2,3)8-6-4-5-7-8;;;;/h12-16H,11H2,1-10H3;2*5-8H,1-3H3;6-7H,4H2,1-3H3;1H2;2*1H;. The number of fused-ring (bicyclic) bond motifs is 5. The van der Waals surface area contributed by atoms with Crippen molar-refractivity contribution in [3.05, 3.63) is 148 Å². The molecule has 4 aliphatic rings. The fourth-order valence-electron chi connectivity index (χ4n) is 12.3. The quantitative estimate of drug-likeness (QED) is 0.168. The van der Waals surface area contributed by atoms with E-state index in [1.54, 1.807) is 6.56 Å². The topological polar surface area (TPSA) is 0 Å². The fourth-order valence-corrected chi connectivity index (χ4v) is 30.5. The van der Waals surface area contributed by atoms with Gasteiger partial charge >= 0.3 is 381 Å². The summed E-state index contributed by atoms with van der Waals surface area (Å²) in [6.45, 7) is 45.7. The zero-order chi connectivity index (χ0) is 45.8. The van der Waals surface area contributed by atoms with Gasteiger partial charge in [-0.25, -0.2) is 0 Å². The van der Waals surface area contributed by atoms with Crippen molar-refractivity contribution in [2.45, 2.75) is 166 Å². The predicted octanol–water partition coefficient (Wildman–Crippen LogP) is 16.5. The fraction of sp³-hybridized carbons (Fsp3) is 0.459. The molecule has 4 aliphatic carbocycles. The zero-order valence-corrected chi connectivity index (χ0v) is 47.2. The van der Waals surface area contributed by atoms with Gasteiger partial charge in [-0.3, -0.25) is 0 Å². The van der Waals surface area contributed by atoms with Crippen LogP contribution in [0.3, 0.4) is 0 Å². The van der Waals surface area contributed by atoms with Gasteiger partial charge in [-0.1, -0.05) is 0 Å². The molecule has 0 fully saturated rings. The summed E-state index contributed by atoms with van der Waals surface area (Å²) in [5, 5.41) is 0. The second-order valence-corrected chi connectivity index (χ2v) is 39.1. The van der Waals surface area contributed by atoms with Crippen molar-refractivity contribution in [2.24, 2.45) is 16.2 Å². The van der Waals surface area contributed by atoms with Crippen LogP contribution in [-0.2, 0) is 46.4 Å². The average Bonchev–Trinajstić information content (AvgIpc) is 3.90. The number of hydrogen-bond acceptors (Lipinski definition) is 0. The van der Waals surface area contributed by atoms with Gasteiger partial charge in [0.2, 0.25) is 0 Å². The van der Waals surface area contributed by atoms with Crippen LogP contribution in [0.25, 0.3) is 22.3 Å². The van der Waals surface area contributed by atoms with Gasteiger partial charge in [-0.15, -0.1) is 24.8 Å². The van der Waals surface area contributed by atoms with Crippen LogP contribution >= 0.6 is 24.8 Å². The van der Waals surface area contributed by atoms with Crippen molar-refractivity contribution >= 4 is 46.7 Å². The molecule has 0 saturated carbocycles. The molecule has 0 heterocycles. The van der Waals surface area contributed by atoms with Crippen LogP contribution in [-0.4, -0.2) is 4.21 Å². The monoisotopic (exact) mass is 972 g/mol. The summed E-state index contributed by atoms with van der Waals surface area (Å²) in [6.07, 6.45) is 9.67. The van der Waals surface area contributed by atoms with E-state index in [1.807, 2.05) is 0 Å². The Morgan fingerprint density at radius 1 is 0.516 bits per heavy atom. The number of rotatable bonds is 4. The molecule has 0 aromatic heterocycles. The van der Waals surface area contributed by atoms with Crippen LogP contribution in [0, 0.1) is 16.2 Å². The first-order valence-corrected chi connectivity index (χ1v) is 30.4. The van der Waals surface area contributed by atoms with E-state index in [0.717, 1.165) is 12.8 Å². The van der Waals surface area contributed by atoms with E-state index in [0.29, 0.717) is 0 Å². The number of hydrogen-bond donors (Lipinski definition) is 0. The SMILES string of the molecule is Cl.Cl.[CH2]=[Zr]([C]1=CC(C(C)(C)C)=CC1)([C]1=C(C(C)(C)C)c2cc3c(cc2C1(C)C)Cc1cc2c(cc1-3)C(C(C)(C)C)=CC2(C)C)([c]1ccc(C(C)(C)C)cc1)[c]1ccc(C(C)(C)C)cc1. The number of allylic oxidation sites excluding steroid dienone is 8. The van der Waals surface area contributed by atoms with E-state index in [-0.39, 0.29) is 62.7 Å². The van der Waals surface area contributed by atoms with Gasteiger partial charge in [0.1, 0.15) is 0 Å². The van der Waals surface area contributed by atoms with Gasteiger partial charge in [-0.05, 0) is 0 Å². The molecule has 0 saturated heterocycles. The summed E-state index contributed by atoms with van der Waals surface area (Å²) in [7, 11) is 0. The minimum absolute atomic E-state index is 0. The molecule has 0 spiro atoms. The molecule has 0 amide bonds. The Bertz CT molecular complexity index is 2690. The normalized spacial score (nSPS) is 18.0. The van der Waals surface area contributed by atoms with Gasteiger partial charge in [-0.2, -0.15) is 0 Å². The Morgan fingerprint density at radius 2 is 0.969 bits per heavy atom. The summed E-state index contributed by atoms with van der Waals surface area (Å²) in [5.41, 5.74) is 18.6. The van der Waals surface area contributed by atoms with Crippen molar-refractivity contribution in [1.29, 1.82) is 0 Å². The van der Waals surface area contributed by atoms with Gasteiger partial charge in [0.15, 0.2) is 0 Å². The Hall–Kier alpha value is -2.83. The van der Waals surface area contributed by atoms with Crippen LogP contribution in [0.4, 0.5) is 0 Å². The molecular weight excluding hydrogens is 895 g/mol. The molecule has 0 unspecified atom stereocenters. The summed E-state index contributed by atoms with van der Waals surface area (Å²) < 4.78 is 12.2. The first-order valence-electron chi connectivity index (χ1n) is 23.7. The molecule has 8 rings (SSSR count). The summed E-state index contributed by atoms with van der Waals surface area (Å²) in [5.74, 6) is 0. The van der Waals surface area contributed by atoms with Crippen LogP contribution in [0.2, 0.25) is 0 Å². The van der Waals surface area contributed by atoms with Crippen LogP contribution in [0.15, 0.2) is 103 Å². The van der Waals surface area contributed by atoms with Crippen molar-refractivity contribution < 1.29 is 18.3 Å². The summed E-state index contributed by atoms with van der Waals surface area (Å²) >= 11 is -5.23. The third-order valence-corrected chi connectivity index (χ3v) is 32.9. The van der Waals surface area contributed by atoms with E-state index < -0.39 is 18.3 Å². The van der Waals surface area contributed by atoms with Gasteiger partial charge in [0.25, 0.3) is 0 Å². The second kappa shape index (κ2) is 15.3. The van der Waals surface area contributed by atoms with Gasteiger partial charge < -0.3 is 0 Å². The Morgan fingerprint density at radius 3 is 1.38 bits per heavy atom. The molecule has 342 valence electrons. The number of benzene rings is 4. The molecule has 4 aromatic carbocycles. The van der Waals surface area contributed by atoms with Crippen molar-refractivity contribution in [2.75, 3.05) is 0 Å². The zero-order valence-electron chi connectivity index (χ0n) is 43.1. The van der Waals surface area contributed by atoms with E-state index in [4.69, 9.17) is 4.21 Å². The van der Waals surface area contributed by atoms with Crippen molar-refractivity contribution in [3.63, 3.8) is 0 Å². The van der Waals surface area contributed by atoms with E-state index in [1.165, 1.54) is 78.9 Å². The second-order valence-electron chi connectivity index (χ2n) is 26.3. The molecule has 0 nitrogen and oxygen atoms in total. The molecule has 3 heteroatoms. The van der Waals surface area contributed by atoms with E-state index in [2.05, 4.69) is 223 Å². The molecule has 0 N–H and O–H groups in total. The average molecular weight is 975 g/mol. The predicted molar refractivity (Wildman–Crippen MR) is 286 cm³/mol. The molecule has 0 atom stereocenters. The van der Waals surface area contributed by atoms with E-state index in [9.17, 15) is 0 Å². The molecular formula is C61H80Cl2Zr. The van der Waals surface area contributed by atoms with Crippen LogP contribution in [0.1, 0.15) is 182 Å². The van der Waals surface area contributed by atoms with E-state index >= 15 is 0 Å². The Balaban J connectivity index is 0.00000340. The Labute approximate surface area is 403 Å². The maximum absolute atomic E-state index is 6.09. The molecule has 0 aliphatic heterocycles. The summed E-state index contributed by atoms with van der Waals surface area (Å²) in [4.78, 5) is 0. The third kappa shape index (κ3) is 7.52.